The van der Waals surface area contributed by atoms with Gasteiger partial charge in [0.25, 0.3) is 0 Å². The Labute approximate surface area is 271 Å². The van der Waals surface area contributed by atoms with Crippen LogP contribution in [0.5, 0.6) is 5.75 Å². The van der Waals surface area contributed by atoms with Crippen LogP contribution in [0.25, 0.3) is 11.4 Å². The Bertz CT molecular complexity index is 1270. The summed E-state index contributed by atoms with van der Waals surface area (Å²) >= 11 is 0. The Balaban J connectivity index is 1.20. The van der Waals surface area contributed by atoms with Gasteiger partial charge >= 0.3 is 5.97 Å². The molecule has 5 heteroatoms. The lowest BCUT2D eigenvalue weighted by Gasteiger charge is -2.29. The first-order valence-corrected chi connectivity index (χ1v) is 18.0. The molecule has 1 heterocycles. The van der Waals surface area contributed by atoms with Gasteiger partial charge in [-0.1, -0.05) is 103 Å². The van der Waals surface area contributed by atoms with E-state index in [-0.39, 0.29) is 17.3 Å². The molecule has 1 aliphatic carbocycles. The van der Waals surface area contributed by atoms with Crippen LogP contribution in [0.4, 0.5) is 4.39 Å². The standard InChI is InChI=1S/C40H55FN2O2/c1-3-5-7-9-11-13-15-17-32-29-42-39(43-30-32)34-22-25-36(26-23-34)45-40(44)35-24-27-37(38(41)28-35)33-20-18-31(19-21-33)16-14-12-10-8-6-4-2/h22-31,33H,3-21H2,1-2H3. The van der Waals surface area contributed by atoms with Crippen molar-refractivity contribution in [3.8, 4) is 17.1 Å². The largest absolute Gasteiger partial charge is 0.423 e. The monoisotopic (exact) mass is 614 g/mol. The Morgan fingerprint density at radius 2 is 1.36 bits per heavy atom. The number of unbranched alkanes of at least 4 members (excludes halogenated alkanes) is 11. The molecule has 4 nitrogen and oxygen atoms in total. The molecule has 45 heavy (non-hydrogen) atoms. The van der Waals surface area contributed by atoms with Crippen molar-refractivity contribution >= 4 is 5.97 Å². The summed E-state index contributed by atoms with van der Waals surface area (Å²) in [6.45, 7) is 4.51. The first-order chi connectivity index (χ1) is 22.1. The molecule has 4 rings (SSSR count). The zero-order valence-corrected chi connectivity index (χ0v) is 27.9. The van der Waals surface area contributed by atoms with E-state index < -0.39 is 5.97 Å². The molecule has 0 spiro atoms. The highest BCUT2D eigenvalue weighted by atomic mass is 19.1. The Morgan fingerprint density at radius 3 is 1.98 bits per heavy atom. The van der Waals surface area contributed by atoms with Gasteiger partial charge < -0.3 is 4.74 Å². The Hall–Kier alpha value is -3.08. The van der Waals surface area contributed by atoms with Crippen LogP contribution in [-0.4, -0.2) is 15.9 Å². The number of nitrogens with zero attached hydrogens (tertiary/aromatic N) is 2. The lowest BCUT2D eigenvalue weighted by molar-refractivity contribution is 0.0734. The first-order valence-electron chi connectivity index (χ1n) is 18.0. The normalized spacial score (nSPS) is 16.5. The zero-order valence-electron chi connectivity index (χ0n) is 27.9. The van der Waals surface area contributed by atoms with E-state index in [9.17, 15) is 4.79 Å². The van der Waals surface area contributed by atoms with Gasteiger partial charge in [0, 0.05) is 18.0 Å². The van der Waals surface area contributed by atoms with Crippen molar-refractivity contribution in [3.63, 3.8) is 0 Å². The van der Waals surface area contributed by atoms with Crippen LogP contribution in [0.3, 0.4) is 0 Å². The second-order valence-corrected chi connectivity index (χ2v) is 13.2. The summed E-state index contributed by atoms with van der Waals surface area (Å²) < 4.78 is 20.7. The van der Waals surface area contributed by atoms with Crippen molar-refractivity contribution in [2.45, 2.75) is 142 Å². The van der Waals surface area contributed by atoms with Crippen molar-refractivity contribution in [2.75, 3.05) is 0 Å². The minimum Gasteiger partial charge on any atom is -0.423 e. The van der Waals surface area contributed by atoms with Gasteiger partial charge in [-0.15, -0.1) is 0 Å². The molecule has 2 aromatic carbocycles. The van der Waals surface area contributed by atoms with Gasteiger partial charge in [0.05, 0.1) is 5.56 Å². The molecule has 244 valence electrons. The van der Waals surface area contributed by atoms with E-state index in [2.05, 4.69) is 23.8 Å². The van der Waals surface area contributed by atoms with E-state index in [0.29, 0.717) is 11.6 Å². The highest BCUT2D eigenvalue weighted by Gasteiger charge is 2.25. The quantitative estimate of drug-likeness (QED) is 0.0766. The van der Waals surface area contributed by atoms with Crippen LogP contribution in [0.15, 0.2) is 54.9 Å². The average molecular weight is 615 g/mol. The fourth-order valence-corrected chi connectivity index (χ4v) is 6.72. The third-order valence-corrected chi connectivity index (χ3v) is 9.59. The van der Waals surface area contributed by atoms with E-state index in [1.54, 1.807) is 24.3 Å². The minimum atomic E-state index is -0.554. The lowest BCUT2D eigenvalue weighted by Crippen LogP contribution is -2.15. The number of benzene rings is 2. The molecule has 0 unspecified atom stereocenters. The van der Waals surface area contributed by atoms with Crippen LogP contribution in [0.2, 0.25) is 0 Å². The van der Waals surface area contributed by atoms with Crippen LogP contribution in [-0.2, 0) is 6.42 Å². The Morgan fingerprint density at radius 1 is 0.756 bits per heavy atom. The number of carbonyl (C=O) groups excluding carboxylic acids is 1. The number of carbonyl (C=O) groups is 1. The highest BCUT2D eigenvalue weighted by molar-refractivity contribution is 5.91. The summed E-state index contributed by atoms with van der Waals surface area (Å²) in [7, 11) is 0. The fraction of sp³-hybridized carbons (Fsp3) is 0.575. The Kier molecular flexibility index (Phi) is 15.0. The maximum atomic E-state index is 15.2. The van der Waals surface area contributed by atoms with E-state index in [1.807, 2.05) is 24.5 Å². The number of hydrogen-bond donors (Lipinski definition) is 0. The van der Waals surface area contributed by atoms with Crippen LogP contribution in [0.1, 0.15) is 157 Å². The summed E-state index contributed by atoms with van der Waals surface area (Å²) in [5.41, 5.74) is 2.99. The number of ether oxygens (including phenoxy) is 1. The van der Waals surface area contributed by atoms with E-state index >= 15 is 4.39 Å². The summed E-state index contributed by atoms with van der Waals surface area (Å²) in [6.07, 6.45) is 27.6. The van der Waals surface area contributed by atoms with Gasteiger partial charge in [-0.05, 0) is 97.9 Å². The minimum absolute atomic E-state index is 0.233. The maximum absolute atomic E-state index is 15.2. The van der Waals surface area contributed by atoms with Crippen LogP contribution >= 0.6 is 0 Å². The molecular formula is C40H55FN2O2. The highest BCUT2D eigenvalue weighted by Crippen LogP contribution is 2.39. The molecule has 0 N–H and O–H groups in total. The first kappa shape index (κ1) is 34.8. The third kappa shape index (κ3) is 11.7. The molecular weight excluding hydrogens is 559 g/mol. The number of aromatic nitrogens is 2. The molecule has 1 saturated carbocycles. The maximum Gasteiger partial charge on any atom is 0.343 e. The lowest BCUT2D eigenvalue weighted by atomic mass is 9.76. The second kappa shape index (κ2) is 19.4. The summed E-state index contributed by atoms with van der Waals surface area (Å²) in [6, 6.07) is 12.0. The van der Waals surface area contributed by atoms with Gasteiger partial charge in [0.2, 0.25) is 0 Å². The van der Waals surface area contributed by atoms with Crippen LogP contribution < -0.4 is 4.74 Å². The van der Waals surface area contributed by atoms with Gasteiger partial charge in [0.1, 0.15) is 11.6 Å². The van der Waals surface area contributed by atoms with Crippen molar-refractivity contribution < 1.29 is 13.9 Å². The predicted molar refractivity (Wildman–Crippen MR) is 183 cm³/mol. The summed E-state index contributed by atoms with van der Waals surface area (Å²) in [5.74, 6) is 1.22. The van der Waals surface area contributed by atoms with Gasteiger partial charge in [0.15, 0.2) is 5.82 Å². The number of hydrogen-bond acceptors (Lipinski definition) is 4. The zero-order chi connectivity index (χ0) is 31.7. The SMILES string of the molecule is CCCCCCCCCc1cnc(-c2ccc(OC(=O)c3ccc(C4CCC(CCCCCCCC)CC4)c(F)c3)cc2)nc1. The van der Waals surface area contributed by atoms with Gasteiger partial charge in [-0.3, -0.25) is 0 Å². The molecule has 0 amide bonds. The van der Waals surface area contributed by atoms with Crippen molar-refractivity contribution in [3.05, 3.63) is 77.4 Å². The van der Waals surface area contributed by atoms with Crippen LogP contribution in [0, 0.1) is 11.7 Å². The molecule has 1 aromatic heterocycles. The van der Waals surface area contributed by atoms with Crippen molar-refractivity contribution in [1.82, 2.24) is 9.97 Å². The van der Waals surface area contributed by atoms with Gasteiger partial charge in [-0.25, -0.2) is 19.2 Å². The van der Waals surface area contributed by atoms with E-state index in [0.717, 1.165) is 41.9 Å². The van der Waals surface area contributed by atoms with E-state index in [4.69, 9.17) is 4.74 Å². The number of aryl methyl sites for hydroxylation is 1. The molecule has 1 fully saturated rings. The molecule has 0 atom stereocenters. The number of esters is 1. The molecule has 0 radical (unpaired) electrons. The molecule has 3 aromatic rings. The summed E-state index contributed by atoms with van der Waals surface area (Å²) in [4.78, 5) is 21.9. The van der Waals surface area contributed by atoms with Gasteiger partial charge in [-0.2, -0.15) is 0 Å². The smallest absolute Gasteiger partial charge is 0.343 e. The second-order valence-electron chi connectivity index (χ2n) is 13.2. The molecule has 0 aliphatic heterocycles. The van der Waals surface area contributed by atoms with Crippen molar-refractivity contribution in [1.29, 1.82) is 0 Å². The molecule has 0 bridgehead atoms. The third-order valence-electron chi connectivity index (χ3n) is 9.59. The van der Waals surface area contributed by atoms with E-state index in [1.165, 1.54) is 109 Å². The summed E-state index contributed by atoms with van der Waals surface area (Å²) in [5, 5.41) is 0. The fourth-order valence-electron chi connectivity index (χ4n) is 6.72. The molecule has 0 saturated heterocycles. The molecule has 1 aliphatic rings. The van der Waals surface area contributed by atoms with Crippen molar-refractivity contribution in [2.24, 2.45) is 5.92 Å². The topological polar surface area (TPSA) is 52.1 Å². The average Bonchev–Trinajstić information content (AvgIpc) is 3.07. The number of halogens is 1. The number of rotatable bonds is 19. The predicted octanol–water partition coefficient (Wildman–Crippen LogP) is 11.8.